The van der Waals surface area contributed by atoms with E-state index in [9.17, 15) is 9.59 Å². The van der Waals surface area contributed by atoms with E-state index in [0.29, 0.717) is 28.4 Å². The van der Waals surface area contributed by atoms with Crippen LogP contribution in [-0.2, 0) is 12.3 Å². The van der Waals surface area contributed by atoms with E-state index < -0.39 is 0 Å². The minimum atomic E-state index is -0.387. The highest BCUT2D eigenvalue weighted by molar-refractivity contribution is 7.98. The fourth-order valence-corrected chi connectivity index (χ4v) is 5.87. The summed E-state index contributed by atoms with van der Waals surface area (Å²) in [6.45, 7) is 6.26. The van der Waals surface area contributed by atoms with Crippen LogP contribution in [0.3, 0.4) is 0 Å². The lowest BCUT2D eigenvalue weighted by atomic mass is 10.1. The molecule has 0 N–H and O–H groups in total. The number of hydrogen-bond acceptors (Lipinski definition) is 7. The molecule has 0 aliphatic rings. The molecule has 0 bridgehead atoms. The number of nitrogens with zero attached hydrogens (tertiary/aromatic N) is 3. The minimum Gasteiger partial charge on any atom is -0.423 e. The van der Waals surface area contributed by atoms with Crippen LogP contribution in [0.2, 0.25) is 0 Å². The molecule has 8 heteroatoms. The van der Waals surface area contributed by atoms with Crippen molar-refractivity contribution >= 4 is 44.3 Å². The van der Waals surface area contributed by atoms with Gasteiger partial charge in [-0.15, -0.1) is 11.3 Å². The molecule has 0 unspecified atom stereocenters. The normalized spacial score (nSPS) is 11.5. The Kier molecular flexibility index (Phi) is 5.64. The van der Waals surface area contributed by atoms with Crippen molar-refractivity contribution in [2.45, 2.75) is 38.2 Å². The molecule has 0 atom stereocenters. The van der Waals surface area contributed by atoms with Crippen molar-refractivity contribution in [1.29, 1.82) is 0 Å². The molecule has 33 heavy (non-hydrogen) atoms. The zero-order valence-corrected chi connectivity index (χ0v) is 20.0. The predicted molar refractivity (Wildman–Crippen MR) is 133 cm³/mol. The quantitative estimate of drug-likeness (QED) is 0.197. The molecule has 166 valence electrons. The van der Waals surface area contributed by atoms with Gasteiger partial charge < -0.3 is 4.42 Å². The number of rotatable bonds is 5. The van der Waals surface area contributed by atoms with Crippen LogP contribution in [0, 0.1) is 20.8 Å². The van der Waals surface area contributed by atoms with Gasteiger partial charge in [0.25, 0.3) is 5.56 Å². The van der Waals surface area contributed by atoms with Crippen molar-refractivity contribution in [1.82, 2.24) is 14.5 Å². The van der Waals surface area contributed by atoms with Crippen molar-refractivity contribution in [3.8, 4) is 0 Å². The highest BCUT2D eigenvalue weighted by Crippen LogP contribution is 2.31. The van der Waals surface area contributed by atoms with Crippen LogP contribution in [0.25, 0.3) is 21.2 Å². The second kappa shape index (κ2) is 8.61. The highest BCUT2D eigenvalue weighted by Gasteiger charge is 2.18. The second-order valence-corrected chi connectivity index (χ2v) is 10.1. The maximum Gasteiger partial charge on any atom is 0.336 e. The molecule has 4 heterocycles. The van der Waals surface area contributed by atoms with Gasteiger partial charge in [0.1, 0.15) is 10.4 Å². The fraction of sp³-hybridized carbons (Fsp3) is 0.200. The van der Waals surface area contributed by atoms with E-state index in [1.165, 1.54) is 29.2 Å². The number of benzene rings is 1. The maximum atomic E-state index is 13.5. The van der Waals surface area contributed by atoms with Crippen LogP contribution in [0.4, 0.5) is 0 Å². The molecule has 0 radical (unpaired) electrons. The van der Waals surface area contributed by atoms with Crippen LogP contribution in [0.15, 0.2) is 67.8 Å². The van der Waals surface area contributed by atoms with Crippen LogP contribution in [0.5, 0.6) is 0 Å². The van der Waals surface area contributed by atoms with Gasteiger partial charge in [-0.05, 0) is 55.7 Å². The number of pyridine rings is 1. The van der Waals surface area contributed by atoms with Gasteiger partial charge in [0.05, 0.1) is 17.6 Å². The number of aryl methyl sites for hydroxylation is 3. The van der Waals surface area contributed by atoms with Crippen LogP contribution in [0.1, 0.15) is 27.3 Å². The molecule has 0 fully saturated rings. The standard InChI is InChI=1S/C25H21N3O3S2/c1-14-7-8-19-17(11-21(29)31-20(19)10-14)13-32-25-27-23-22(15(2)16(3)33-23)24(30)28(25)12-18-6-4-5-9-26-18/h4-11H,12-13H2,1-3H3. The summed E-state index contributed by atoms with van der Waals surface area (Å²) in [5, 5.41) is 2.15. The summed E-state index contributed by atoms with van der Waals surface area (Å²) in [4.78, 5) is 36.8. The Balaban J connectivity index is 1.60. The van der Waals surface area contributed by atoms with Gasteiger partial charge in [0, 0.05) is 28.3 Å². The summed E-state index contributed by atoms with van der Waals surface area (Å²) in [5.41, 5.74) is 3.75. The number of hydrogen-bond donors (Lipinski definition) is 0. The lowest BCUT2D eigenvalue weighted by Gasteiger charge is -2.12. The Bertz CT molecular complexity index is 1620. The maximum absolute atomic E-state index is 13.5. The van der Waals surface area contributed by atoms with Crippen molar-refractivity contribution in [2.75, 3.05) is 0 Å². The molecule has 0 saturated carbocycles. The molecule has 0 amide bonds. The van der Waals surface area contributed by atoms with Gasteiger partial charge in [0.15, 0.2) is 5.16 Å². The highest BCUT2D eigenvalue weighted by atomic mass is 32.2. The molecule has 0 spiro atoms. The molecule has 0 aliphatic heterocycles. The monoisotopic (exact) mass is 475 g/mol. The minimum absolute atomic E-state index is 0.0666. The molecule has 0 saturated heterocycles. The van der Waals surface area contributed by atoms with Gasteiger partial charge in [-0.3, -0.25) is 14.3 Å². The molecular formula is C25H21N3O3S2. The van der Waals surface area contributed by atoms with Crippen molar-refractivity contribution in [3.05, 3.63) is 96.7 Å². The summed E-state index contributed by atoms with van der Waals surface area (Å²) < 4.78 is 7.08. The van der Waals surface area contributed by atoms with Gasteiger partial charge in [-0.25, -0.2) is 9.78 Å². The third kappa shape index (κ3) is 4.12. The van der Waals surface area contributed by atoms with Crippen LogP contribution >= 0.6 is 23.1 Å². The van der Waals surface area contributed by atoms with E-state index in [4.69, 9.17) is 9.40 Å². The number of aromatic nitrogens is 3. The third-order valence-electron chi connectivity index (χ3n) is 5.64. The first-order chi connectivity index (χ1) is 15.9. The smallest absolute Gasteiger partial charge is 0.336 e. The summed E-state index contributed by atoms with van der Waals surface area (Å²) >= 11 is 2.97. The van der Waals surface area contributed by atoms with E-state index in [1.54, 1.807) is 10.8 Å². The fourth-order valence-electron chi connectivity index (χ4n) is 3.81. The van der Waals surface area contributed by atoms with Gasteiger partial charge in [0.2, 0.25) is 0 Å². The molecule has 0 aliphatic carbocycles. The average molecular weight is 476 g/mol. The Labute approximate surface area is 197 Å². The number of thioether (sulfide) groups is 1. The van der Waals surface area contributed by atoms with E-state index in [2.05, 4.69) is 4.98 Å². The summed E-state index contributed by atoms with van der Waals surface area (Å²) in [6.07, 6.45) is 1.72. The number of thiophene rings is 1. The first kappa shape index (κ1) is 21.6. The molecule has 1 aromatic carbocycles. The number of fused-ring (bicyclic) bond motifs is 2. The van der Waals surface area contributed by atoms with E-state index in [-0.39, 0.29) is 11.2 Å². The van der Waals surface area contributed by atoms with E-state index in [0.717, 1.165) is 37.5 Å². The molecule has 4 aromatic heterocycles. The lowest BCUT2D eigenvalue weighted by Crippen LogP contribution is -2.24. The van der Waals surface area contributed by atoms with E-state index in [1.807, 2.05) is 57.2 Å². The summed E-state index contributed by atoms with van der Waals surface area (Å²) in [6, 6.07) is 13.0. The third-order valence-corrected chi connectivity index (χ3v) is 7.77. The van der Waals surface area contributed by atoms with Crippen LogP contribution in [-0.4, -0.2) is 14.5 Å². The Hall–Kier alpha value is -3.23. The lowest BCUT2D eigenvalue weighted by molar-refractivity contribution is 0.559. The Morgan fingerprint density at radius 1 is 1.09 bits per heavy atom. The average Bonchev–Trinajstić information content (AvgIpc) is 3.08. The SMILES string of the molecule is Cc1ccc2c(CSc3nc4sc(C)c(C)c4c(=O)n3Cc3ccccn3)cc(=O)oc2c1. The van der Waals surface area contributed by atoms with Crippen LogP contribution < -0.4 is 11.2 Å². The first-order valence-corrected chi connectivity index (χ1v) is 12.3. The Morgan fingerprint density at radius 3 is 2.73 bits per heavy atom. The molecule has 5 aromatic rings. The molecule has 6 nitrogen and oxygen atoms in total. The van der Waals surface area contributed by atoms with Gasteiger partial charge >= 0.3 is 5.63 Å². The molecular weight excluding hydrogens is 454 g/mol. The summed E-state index contributed by atoms with van der Waals surface area (Å²) in [7, 11) is 0. The zero-order valence-electron chi connectivity index (χ0n) is 18.4. The summed E-state index contributed by atoms with van der Waals surface area (Å²) in [5.74, 6) is 0.481. The second-order valence-electron chi connectivity index (χ2n) is 7.95. The van der Waals surface area contributed by atoms with Crippen molar-refractivity contribution in [3.63, 3.8) is 0 Å². The molecule has 5 rings (SSSR count). The predicted octanol–water partition coefficient (Wildman–Crippen LogP) is 5.23. The first-order valence-electron chi connectivity index (χ1n) is 10.5. The van der Waals surface area contributed by atoms with E-state index >= 15 is 0 Å². The Morgan fingerprint density at radius 2 is 1.94 bits per heavy atom. The zero-order chi connectivity index (χ0) is 23.1. The van der Waals surface area contributed by atoms with Crippen molar-refractivity contribution in [2.24, 2.45) is 0 Å². The van der Waals surface area contributed by atoms with Crippen molar-refractivity contribution < 1.29 is 4.42 Å². The largest absolute Gasteiger partial charge is 0.423 e. The van der Waals surface area contributed by atoms with Gasteiger partial charge in [-0.2, -0.15) is 0 Å². The topological polar surface area (TPSA) is 78.0 Å². The van der Waals surface area contributed by atoms with Gasteiger partial charge in [-0.1, -0.05) is 30.0 Å².